The highest BCUT2D eigenvalue weighted by Crippen LogP contribution is 1.95. The zero-order valence-corrected chi connectivity index (χ0v) is 10.7. The molecule has 18 heavy (non-hydrogen) atoms. The number of aromatic nitrogens is 2. The summed E-state index contributed by atoms with van der Waals surface area (Å²) in [5.74, 6) is 0.0495. The number of nitrogens with two attached hydrogens (primary N) is 1. The second kappa shape index (κ2) is 7.57. The maximum atomic E-state index is 11.7. The Morgan fingerprint density at radius 1 is 1.44 bits per heavy atom. The smallest absolute Gasteiger partial charge is 0.271 e. The van der Waals surface area contributed by atoms with Gasteiger partial charge in [0.25, 0.3) is 5.91 Å². The normalized spacial score (nSPS) is 10.6. The molecule has 0 aliphatic heterocycles. The third-order valence-corrected chi connectivity index (χ3v) is 2.36. The Labute approximate surface area is 106 Å². The van der Waals surface area contributed by atoms with Crippen LogP contribution in [0.1, 0.15) is 10.5 Å². The van der Waals surface area contributed by atoms with Crippen LogP contribution in [0.5, 0.6) is 0 Å². The summed E-state index contributed by atoms with van der Waals surface area (Å²) >= 11 is 0. The van der Waals surface area contributed by atoms with E-state index in [1.807, 2.05) is 7.05 Å². The zero-order chi connectivity index (χ0) is 13.4. The Bertz CT molecular complexity index is 368. The summed E-state index contributed by atoms with van der Waals surface area (Å²) in [6.45, 7) is 2.80. The molecule has 0 saturated heterocycles. The Balaban J connectivity index is 2.27. The number of hydrogen-bond donors (Lipinski definition) is 2. The van der Waals surface area contributed by atoms with Crippen molar-refractivity contribution in [1.82, 2.24) is 20.2 Å². The van der Waals surface area contributed by atoms with Crippen molar-refractivity contribution in [2.24, 2.45) is 0 Å². The van der Waals surface area contributed by atoms with Crippen molar-refractivity contribution >= 4 is 11.7 Å². The summed E-state index contributed by atoms with van der Waals surface area (Å²) in [4.78, 5) is 21.4. The second-order valence-electron chi connectivity index (χ2n) is 3.88. The van der Waals surface area contributed by atoms with Crippen LogP contribution in [0.15, 0.2) is 12.4 Å². The molecule has 100 valence electrons. The van der Waals surface area contributed by atoms with Crippen LogP contribution in [0.4, 0.5) is 5.82 Å². The number of methoxy groups -OCH3 is 1. The number of nitrogen functional groups attached to an aromatic ring is 1. The molecule has 0 unspecified atom stereocenters. The van der Waals surface area contributed by atoms with Crippen LogP contribution in [0, 0.1) is 0 Å². The van der Waals surface area contributed by atoms with Crippen LogP contribution < -0.4 is 11.1 Å². The van der Waals surface area contributed by atoms with Gasteiger partial charge >= 0.3 is 0 Å². The molecule has 0 atom stereocenters. The van der Waals surface area contributed by atoms with E-state index in [1.165, 1.54) is 12.4 Å². The van der Waals surface area contributed by atoms with Crippen LogP contribution >= 0.6 is 0 Å². The predicted octanol–water partition coefficient (Wildman–Crippen LogP) is -0.633. The topological polar surface area (TPSA) is 93.4 Å². The Morgan fingerprint density at radius 3 is 2.83 bits per heavy atom. The SMILES string of the molecule is COCCN(C)CCNC(=O)c1cnc(N)cn1. The summed E-state index contributed by atoms with van der Waals surface area (Å²) in [7, 11) is 3.63. The van der Waals surface area contributed by atoms with Gasteiger partial charge in [-0.3, -0.25) is 4.79 Å². The lowest BCUT2D eigenvalue weighted by atomic mass is 10.4. The van der Waals surface area contributed by atoms with Crippen molar-refractivity contribution in [3.8, 4) is 0 Å². The van der Waals surface area contributed by atoms with Crippen LogP contribution in [-0.4, -0.2) is 61.2 Å². The summed E-state index contributed by atoms with van der Waals surface area (Å²) in [6.07, 6.45) is 2.72. The average molecular weight is 253 g/mol. The van der Waals surface area contributed by atoms with Gasteiger partial charge in [-0.25, -0.2) is 9.97 Å². The van der Waals surface area contributed by atoms with Gasteiger partial charge in [-0.1, -0.05) is 0 Å². The third kappa shape index (κ3) is 5.07. The number of anilines is 1. The first-order valence-electron chi connectivity index (χ1n) is 5.66. The van der Waals surface area contributed by atoms with E-state index in [-0.39, 0.29) is 11.6 Å². The quantitative estimate of drug-likeness (QED) is 0.672. The van der Waals surface area contributed by atoms with Crippen molar-refractivity contribution in [2.75, 3.05) is 46.1 Å². The van der Waals surface area contributed by atoms with E-state index in [4.69, 9.17) is 10.5 Å². The van der Waals surface area contributed by atoms with Crippen LogP contribution in [-0.2, 0) is 4.74 Å². The van der Waals surface area contributed by atoms with E-state index in [0.717, 1.165) is 13.1 Å². The number of likely N-dealkylation sites (N-methyl/N-ethyl adjacent to an activating group) is 1. The van der Waals surface area contributed by atoms with Gasteiger partial charge in [0.05, 0.1) is 19.0 Å². The lowest BCUT2D eigenvalue weighted by molar-refractivity contribution is 0.0942. The van der Waals surface area contributed by atoms with E-state index in [2.05, 4.69) is 20.2 Å². The standard InChI is InChI=1S/C11H19N5O2/c1-16(5-6-18-2)4-3-13-11(17)9-7-15-10(12)8-14-9/h7-8H,3-6H2,1-2H3,(H2,12,15)(H,13,17). The molecule has 0 fully saturated rings. The Kier molecular flexibility index (Phi) is 6.03. The number of amides is 1. The first-order valence-corrected chi connectivity index (χ1v) is 5.66. The van der Waals surface area contributed by atoms with Gasteiger partial charge in [0.2, 0.25) is 0 Å². The lowest BCUT2D eigenvalue weighted by Crippen LogP contribution is -2.34. The number of hydrogen-bond acceptors (Lipinski definition) is 6. The number of nitrogens with one attached hydrogen (secondary N) is 1. The molecule has 3 N–H and O–H groups in total. The minimum Gasteiger partial charge on any atom is -0.383 e. The van der Waals surface area contributed by atoms with Gasteiger partial charge in [0, 0.05) is 26.7 Å². The third-order valence-electron chi connectivity index (χ3n) is 2.36. The number of carbonyl (C=O) groups excluding carboxylic acids is 1. The Hall–Kier alpha value is -1.73. The molecule has 0 aromatic carbocycles. The summed E-state index contributed by atoms with van der Waals surface area (Å²) in [5, 5.41) is 2.76. The molecule has 1 heterocycles. The second-order valence-corrected chi connectivity index (χ2v) is 3.88. The van der Waals surface area contributed by atoms with Crippen LogP contribution in [0.2, 0.25) is 0 Å². The van der Waals surface area contributed by atoms with Crippen molar-refractivity contribution in [3.05, 3.63) is 18.1 Å². The number of carbonyl (C=O) groups is 1. The van der Waals surface area contributed by atoms with E-state index in [0.29, 0.717) is 19.0 Å². The first-order chi connectivity index (χ1) is 8.63. The van der Waals surface area contributed by atoms with Crippen molar-refractivity contribution in [3.63, 3.8) is 0 Å². The molecule has 0 aliphatic rings. The fourth-order valence-electron chi connectivity index (χ4n) is 1.27. The molecular weight excluding hydrogens is 234 g/mol. The van der Waals surface area contributed by atoms with Gasteiger partial charge in [-0.2, -0.15) is 0 Å². The maximum absolute atomic E-state index is 11.7. The average Bonchev–Trinajstić information content (AvgIpc) is 2.37. The fourth-order valence-corrected chi connectivity index (χ4v) is 1.27. The highest BCUT2D eigenvalue weighted by Gasteiger charge is 2.07. The molecule has 0 bridgehead atoms. The molecule has 1 rings (SSSR count). The summed E-state index contributed by atoms with van der Waals surface area (Å²) < 4.78 is 4.96. The number of nitrogens with zero attached hydrogens (tertiary/aromatic N) is 3. The molecule has 0 radical (unpaired) electrons. The molecule has 1 amide bonds. The fraction of sp³-hybridized carbons (Fsp3) is 0.545. The van der Waals surface area contributed by atoms with Gasteiger partial charge < -0.3 is 20.7 Å². The highest BCUT2D eigenvalue weighted by molar-refractivity contribution is 5.91. The van der Waals surface area contributed by atoms with E-state index >= 15 is 0 Å². The van der Waals surface area contributed by atoms with Crippen molar-refractivity contribution in [2.45, 2.75) is 0 Å². The van der Waals surface area contributed by atoms with E-state index in [1.54, 1.807) is 7.11 Å². The van der Waals surface area contributed by atoms with Crippen molar-refractivity contribution < 1.29 is 9.53 Å². The van der Waals surface area contributed by atoms with Crippen LogP contribution in [0.3, 0.4) is 0 Å². The minimum atomic E-state index is -0.248. The first kappa shape index (κ1) is 14.3. The van der Waals surface area contributed by atoms with Gasteiger partial charge in [-0.05, 0) is 7.05 Å². The molecule has 7 heteroatoms. The van der Waals surface area contributed by atoms with Gasteiger partial charge in [0.1, 0.15) is 11.5 Å². The number of ether oxygens (including phenoxy) is 1. The molecule has 0 aliphatic carbocycles. The lowest BCUT2D eigenvalue weighted by Gasteiger charge is -2.15. The van der Waals surface area contributed by atoms with Gasteiger partial charge in [-0.15, -0.1) is 0 Å². The monoisotopic (exact) mass is 253 g/mol. The minimum absolute atomic E-state index is 0.248. The molecule has 0 saturated carbocycles. The summed E-state index contributed by atoms with van der Waals surface area (Å²) in [5.41, 5.74) is 5.66. The highest BCUT2D eigenvalue weighted by atomic mass is 16.5. The van der Waals surface area contributed by atoms with Crippen LogP contribution in [0.25, 0.3) is 0 Å². The van der Waals surface area contributed by atoms with E-state index in [9.17, 15) is 4.79 Å². The molecule has 1 aromatic rings. The molecule has 7 nitrogen and oxygen atoms in total. The molecular formula is C11H19N5O2. The largest absolute Gasteiger partial charge is 0.383 e. The maximum Gasteiger partial charge on any atom is 0.271 e. The zero-order valence-electron chi connectivity index (χ0n) is 10.7. The summed E-state index contributed by atoms with van der Waals surface area (Å²) in [6, 6.07) is 0. The molecule has 1 aromatic heterocycles. The van der Waals surface area contributed by atoms with E-state index < -0.39 is 0 Å². The number of rotatable bonds is 7. The predicted molar refractivity (Wildman–Crippen MR) is 68.2 cm³/mol. The Morgan fingerprint density at radius 2 is 2.22 bits per heavy atom. The molecule has 0 spiro atoms. The van der Waals surface area contributed by atoms with Gasteiger partial charge in [0.15, 0.2) is 0 Å². The van der Waals surface area contributed by atoms with Crippen molar-refractivity contribution in [1.29, 1.82) is 0 Å².